The lowest BCUT2D eigenvalue weighted by Crippen LogP contribution is -2.28. The first-order valence-electron chi connectivity index (χ1n) is 6.17. The van der Waals surface area contributed by atoms with Crippen molar-refractivity contribution in [1.29, 1.82) is 0 Å². The van der Waals surface area contributed by atoms with E-state index in [2.05, 4.69) is 15.6 Å². The van der Waals surface area contributed by atoms with Gasteiger partial charge in [-0.3, -0.25) is 16.4 Å². The van der Waals surface area contributed by atoms with Crippen molar-refractivity contribution >= 4 is 5.82 Å². The van der Waals surface area contributed by atoms with Crippen molar-refractivity contribution in [1.82, 2.24) is 15.6 Å². The normalized spacial score (nSPS) is 21.8. The largest absolute Gasteiger partial charge is 0.384 e. The number of anilines is 1. The molecular weight excluding hydrogens is 218 g/mol. The lowest BCUT2D eigenvalue weighted by molar-refractivity contribution is 0.101. The predicted molar refractivity (Wildman–Crippen MR) is 65.9 cm³/mol. The smallest absolute Gasteiger partial charge is 0.123 e. The number of aromatic amines is 1. The predicted octanol–water partition coefficient (Wildman–Crippen LogP) is 0.846. The Balaban J connectivity index is 1.77. The average Bonchev–Trinajstić information content (AvgIpc) is 2.96. The maximum absolute atomic E-state index is 5.77. The first-order chi connectivity index (χ1) is 8.31. The van der Waals surface area contributed by atoms with Crippen molar-refractivity contribution < 1.29 is 4.74 Å². The van der Waals surface area contributed by atoms with E-state index in [4.69, 9.17) is 16.3 Å². The Kier molecular flexibility index (Phi) is 4.36. The summed E-state index contributed by atoms with van der Waals surface area (Å²) in [6, 6.07) is 0.0650. The van der Waals surface area contributed by atoms with E-state index in [1.165, 1.54) is 12.8 Å². The van der Waals surface area contributed by atoms with E-state index in [-0.39, 0.29) is 6.04 Å². The van der Waals surface area contributed by atoms with Crippen molar-refractivity contribution in [2.24, 2.45) is 5.84 Å². The van der Waals surface area contributed by atoms with E-state index in [1.807, 2.05) is 0 Å². The molecule has 1 aliphatic heterocycles. The van der Waals surface area contributed by atoms with Gasteiger partial charge in [0.25, 0.3) is 0 Å². The fourth-order valence-electron chi connectivity index (χ4n) is 2.33. The number of nitrogen functional groups attached to an aromatic ring is 1. The van der Waals surface area contributed by atoms with Gasteiger partial charge in [0.15, 0.2) is 0 Å². The summed E-state index contributed by atoms with van der Waals surface area (Å²) in [7, 11) is 0. The number of nitrogens with zero attached hydrogens (tertiary/aromatic N) is 1. The molecule has 0 saturated carbocycles. The Morgan fingerprint density at radius 3 is 3.12 bits per heavy atom. The highest BCUT2D eigenvalue weighted by Crippen LogP contribution is 2.24. The highest BCUT2D eigenvalue weighted by molar-refractivity contribution is 5.39. The summed E-state index contributed by atoms with van der Waals surface area (Å²) in [4.78, 5) is 0. The fraction of sp³-hybridized carbons (Fsp3) is 0.727. The molecule has 2 rings (SSSR count). The van der Waals surface area contributed by atoms with Crippen molar-refractivity contribution in [3.8, 4) is 0 Å². The van der Waals surface area contributed by atoms with E-state index in [1.54, 1.807) is 6.20 Å². The third kappa shape index (κ3) is 3.18. The van der Waals surface area contributed by atoms with Gasteiger partial charge >= 0.3 is 0 Å². The van der Waals surface area contributed by atoms with Gasteiger partial charge in [0.05, 0.1) is 18.3 Å². The van der Waals surface area contributed by atoms with Gasteiger partial charge < -0.3 is 10.5 Å². The molecule has 6 heteroatoms. The molecule has 6 nitrogen and oxygen atoms in total. The molecule has 1 aliphatic rings. The average molecular weight is 239 g/mol. The zero-order valence-corrected chi connectivity index (χ0v) is 9.98. The van der Waals surface area contributed by atoms with Crippen LogP contribution in [-0.2, 0) is 4.74 Å². The molecular formula is C11H21N5O. The molecule has 0 radical (unpaired) electrons. The Bertz CT molecular complexity index is 334. The summed E-state index contributed by atoms with van der Waals surface area (Å²) in [6.45, 7) is 0.915. The first-order valence-corrected chi connectivity index (χ1v) is 6.17. The second-order valence-electron chi connectivity index (χ2n) is 4.52. The molecule has 0 bridgehead atoms. The third-order valence-electron chi connectivity index (χ3n) is 3.32. The van der Waals surface area contributed by atoms with E-state index >= 15 is 0 Å². The molecule has 0 aliphatic carbocycles. The number of rotatable bonds is 6. The zero-order chi connectivity index (χ0) is 12.1. The van der Waals surface area contributed by atoms with Crippen LogP contribution in [0.2, 0.25) is 0 Å². The zero-order valence-electron chi connectivity index (χ0n) is 9.98. The molecule has 2 atom stereocenters. The van der Waals surface area contributed by atoms with Gasteiger partial charge in [0.1, 0.15) is 5.82 Å². The molecule has 2 unspecified atom stereocenters. The highest BCUT2D eigenvalue weighted by Gasteiger charge is 2.18. The number of ether oxygens (including phenoxy) is 1. The van der Waals surface area contributed by atoms with Crippen LogP contribution in [0.4, 0.5) is 5.82 Å². The first kappa shape index (κ1) is 12.3. The molecule has 1 saturated heterocycles. The fourth-order valence-corrected chi connectivity index (χ4v) is 2.33. The third-order valence-corrected chi connectivity index (χ3v) is 3.32. The summed E-state index contributed by atoms with van der Waals surface area (Å²) in [5.41, 5.74) is 9.51. The molecule has 0 spiro atoms. The Morgan fingerprint density at radius 1 is 1.65 bits per heavy atom. The number of hydrazine groups is 1. The van der Waals surface area contributed by atoms with Gasteiger partial charge in [-0.25, -0.2) is 0 Å². The van der Waals surface area contributed by atoms with Crippen LogP contribution >= 0.6 is 0 Å². The van der Waals surface area contributed by atoms with Crippen molar-refractivity contribution in [3.05, 3.63) is 11.8 Å². The summed E-state index contributed by atoms with van der Waals surface area (Å²) >= 11 is 0. The Morgan fingerprint density at radius 2 is 2.53 bits per heavy atom. The number of hydrogen-bond acceptors (Lipinski definition) is 5. The van der Waals surface area contributed by atoms with Gasteiger partial charge in [-0.2, -0.15) is 5.10 Å². The molecule has 0 aromatic carbocycles. The minimum absolute atomic E-state index is 0.0650. The quantitative estimate of drug-likeness (QED) is 0.435. The second-order valence-corrected chi connectivity index (χ2v) is 4.52. The molecule has 0 amide bonds. The monoisotopic (exact) mass is 239 g/mol. The van der Waals surface area contributed by atoms with Crippen LogP contribution < -0.4 is 17.0 Å². The summed E-state index contributed by atoms with van der Waals surface area (Å²) in [5, 5.41) is 6.63. The van der Waals surface area contributed by atoms with Crippen molar-refractivity contribution in [2.75, 3.05) is 12.3 Å². The summed E-state index contributed by atoms with van der Waals surface area (Å²) < 4.78 is 5.59. The number of aromatic nitrogens is 2. The minimum atomic E-state index is 0.0650. The molecule has 1 aromatic heterocycles. The van der Waals surface area contributed by atoms with E-state index < -0.39 is 0 Å². The minimum Gasteiger partial charge on any atom is -0.384 e. The molecule has 17 heavy (non-hydrogen) atoms. The van der Waals surface area contributed by atoms with Gasteiger partial charge in [0, 0.05) is 12.2 Å². The van der Waals surface area contributed by atoms with Crippen LogP contribution in [0.5, 0.6) is 0 Å². The van der Waals surface area contributed by atoms with Crippen LogP contribution in [0, 0.1) is 0 Å². The highest BCUT2D eigenvalue weighted by atomic mass is 16.5. The number of nitrogens with two attached hydrogens (primary N) is 2. The van der Waals surface area contributed by atoms with Gasteiger partial charge in [-0.15, -0.1) is 0 Å². The maximum atomic E-state index is 5.77. The topological polar surface area (TPSA) is 102 Å². The summed E-state index contributed by atoms with van der Waals surface area (Å²) in [6.07, 6.45) is 7.66. The Hall–Kier alpha value is -1.11. The van der Waals surface area contributed by atoms with Crippen LogP contribution in [-0.4, -0.2) is 22.9 Å². The van der Waals surface area contributed by atoms with Gasteiger partial charge in [-0.1, -0.05) is 0 Å². The van der Waals surface area contributed by atoms with Crippen LogP contribution in [0.1, 0.15) is 43.7 Å². The van der Waals surface area contributed by atoms with E-state index in [0.717, 1.165) is 31.4 Å². The maximum Gasteiger partial charge on any atom is 0.123 e. The molecule has 1 aromatic rings. The standard InChI is InChI=1S/C11H21N5O/c12-11-9(7-14-16-11)10(15-13)5-1-3-8-4-2-6-17-8/h7-8,10,15H,1-6,13H2,(H3,12,14,16). The molecule has 96 valence electrons. The lowest BCUT2D eigenvalue weighted by Gasteiger charge is -2.16. The second kappa shape index (κ2) is 6.00. The van der Waals surface area contributed by atoms with E-state index in [0.29, 0.717) is 11.9 Å². The van der Waals surface area contributed by atoms with E-state index in [9.17, 15) is 0 Å². The molecule has 1 fully saturated rings. The van der Waals surface area contributed by atoms with Crippen molar-refractivity contribution in [3.63, 3.8) is 0 Å². The van der Waals surface area contributed by atoms with Gasteiger partial charge in [0.2, 0.25) is 0 Å². The van der Waals surface area contributed by atoms with Crippen LogP contribution in [0.15, 0.2) is 6.20 Å². The number of H-pyrrole nitrogens is 1. The lowest BCUT2D eigenvalue weighted by atomic mass is 10.0. The van der Waals surface area contributed by atoms with Crippen LogP contribution in [0.3, 0.4) is 0 Å². The summed E-state index contributed by atoms with van der Waals surface area (Å²) in [5.74, 6) is 6.14. The SMILES string of the molecule is NNC(CCCC1CCCO1)c1cn[nH]c1N. The van der Waals surface area contributed by atoms with Crippen molar-refractivity contribution in [2.45, 2.75) is 44.2 Å². The number of hydrogen-bond donors (Lipinski definition) is 4. The Labute approximate surface area is 101 Å². The van der Waals surface area contributed by atoms with Crippen LogP contribution in [0.25, 0.3) is 0 Å². The molecule has 6 N–H and O–H groups in total. The van der Waals surface area contributed by atoms with Gasteiger partial charge in [-0.05, 0) is 32.1 Å². The molecule has 2 heterocycles. The number of nitrogens with one attached hydrogen (secondary N) is 2.